The molecule has 2 N–H and O–H groups in total. The molecule has 2 amide bonds. The molecule has 0 saturated carbocycles. The van der Waals surface area contributed by atoms with Crippen molar-refractivity contribution in [3.63, 3.8) is 0 Å². The minimum Gasteiger partial charge on any atom is -0.481 e. The Hall–Kier alpha value is -1.47. The highest BCUT2D eigenvalue weighted by atomic mass is 19.4. The fraction of sp³-hybridized carbons (Fsp3) is 0.778. The predicted octanol–water partition coefficient (Wildman–Crippen LogP) is 1.05. The number of carbonyl (C=O) groups is 2. The van der Waals surface area contributed by atoms with Crippen LogP contribution in [0.3, 0.4) is 0 Å². The van der Waals surface area contributed by atoms with Crippen LogP contribution in [0.4, 0.5) is 18.0 Å². The number of aliphatic carboxylic acids is 1. The normalized spacial score (nSPS) is 20.4. The van der Waals surface area contributed by atoms with Crippen molar-refractivity contribution in [2.45, 2.75) is 19.0 Å². The van der Waals surface area contributed by atoms with Crippen LogP contribution in [0.2, 0.25) is 0 Å². The van der Waals surface area contributed by atoms with E-state index in [1.165, 1.54) is 4.90 Å². The number of alkyl halides is 3. The average molecular weight is 254 g/mol. The maximum atomic E-state index is 11.8. The van der Waals surface area contributed by atoms with Gasteiger partial charge in [0.05, 0.1) is 12.3 Å². The summed E-state index contributed by atoms with van der Waals surface area (Å²) in [5, 5.41) is 10.8. The first-order chi connectivity index (χ1) is 7.79. The molecule has 98 valence electrons. The summed E-state index contributed by atoms with van der Waals surface area (Å²) in [6.07, 6.45) is -5.06. The van der Waals surface area contributed by atoms with Gasteiger partial charge in [-0.05, 0) is 6.42 Å². The zero-order valence-corrected chi connectivity index (χ0v) is 8.96. The summed E-state index contributed by atoms with van der Waals surface area (Å²) in [6, 6.07) is -0.641. The van der Waals surface area contributed by atoms with Gasteiger partial charge in [-0.3, -0.25) is 4.79 Å². The Morgan fingerprint density at radius 1 is 1.41 bits per heavy atom. The van der Waals surface area contributed by atoms with Gasteiger partial charge < -0.3 is 15.3 Å². The topological polar surface area (TPSA) is 69.6 Å². The molecule has 0 aliphatic carbocycles. The van der Waals surface area contributed by atoms with Gasteiger partial charge in [0, 0.05) is 19.6 Å². The molecule has 1 heterocycles. The van der Waals surface area contributed by atoms with E-state index in [0.29, 0.717) is 6.42 Å². The molecule has 1 atom stereocenters. The van der Waals surface area contributed by atoms with Crippen LogP contribution < -0.4 is 5.32 Å². The molecule has 0 aromatic rings. The Labute approximate surface area is 95.6 Å². The van der Waals surface area contributed by atoms with Crippen LogP contribution in [-0.2, 0) is 4.79 Å². The first-order valence-corrected chi connectivity index (χ1v) is 5.12. The van der Waals surface area contributed by atoms with E-state index in [2.05, 4.69) is 5.32 Å². The van der Waals surface area contributed by atoms with E-state index in [0.717, 1.165) is 0 Å². The quantitative estimate of drug-likeness (QED) is 0.791. The van der Waals surface area contributed by atoms with Crippen LogP contribution in [-0.4, -0.2) is 47.8 Å². The molecule has 1 unspecified atom stereocenters. The summed E-state index contributed by atoms with van der Waals surface area (Å²) < 4.78 is 35.4. The lowest BCUT2D eigenvalue weighted by Gasteiger charge is -2.17. The van der Waals surface area contributed by atoms with E-state index < -0.39 is 37.1 Å². The maximum Gasteiger partial charge on any atom is 0.390 e. The van der Waals surface area contributed by atoms with E-state index in [4.69, 9.17) is 5.11 Å². The van der Waals surface area contributed by atoms with Gasteiger partial charge in [-0.25, -0.2) is 4.79 Å². The highest BCUT2D eigenvalue weighted by Crippen LogP contribution is 2.19. The number of nitrogens with one attached hydrogen (secondary N) is 1. The summed E-state index contributed by atoms with van der Waals surface area (Å²) in [4.78, 5) is 23.2. The van der Waals surface area contributed by atoms with Gasteiger partial charge >= 0.3 is 18.2 Å². The third kappa shape index (κ3) is 4.49. The smallest absolute Gasteiger partial charge is 0.390 e. The zero-order chi connectivity index (χ0) is 13.1. The molecule has 0 spiro atoms. The van der Waals surface area contributed by atoms with Gasteiger partial charge in [0.1, 0.15) is 0 Å². The number of urea groups is 1. The van der Waals surface area contributed by atoms with Crippen LogP contribution in [0.5, 0.6) is 0 Å². The van der Waals surface area contributed by atoms with E-state index in [9.17, 15) is 22.8 Å². The molecular formula is C9H13F3N2O3. The average Bonchev–Trinajstić information content (AvgIpc) is 2.63. The van der Waals surface area contributed by atoms with Crippen molar-refractivity contribution in [3.8, 4) is 0 Å². The predicted molar refractivity (Wildman–Crippen MR) is 51.4 cm³/mol. The molecule has 5 nitrogen and oxygen atoms in total. The fourth-order valence-electron chi connectivity index (χ4n) is 1.57. The van der Waals surface area contributed by atoms with E-state index in [1.807, 2.05) is 0 Å². The van der Waals surface area contributed by atoms with Crippen LogP contribution in [0, 0.1) is 5.92 Å². The van der Waals surface area contributed by atoms with Crippen LogP contribution >= 0.6 is 0 Å². The summed E-state index contributed by atoms with van der Waals surface area (Å²) in [7, 11) is 0. The molecule has 0 radical (unpaired) electrons. The minimum absolute atomic E-state index is 0.0488. The van der Waals surface area contributed by atoms with Gasteiger partial charge in [-0.15, -0.1) is 0 Å². The van der Waals surface area contributed by atoms with Gasteiger partial charge in [-0.1, -0.05) is 0 Å². The lowest BCUT2D eigenvalue weighted by molar-refractivity contribution is -0.141. The monoisotopic (exact) mass is 254 g/mol. The molecule has 1 rings (SSSR count). The summed E-state index contributed by atoms with van der Waals surface area (Å²) in [5.41, 5.74) is 0. The number of nitrogens with zero attached hydrogens (tertiary/aromatic N) is 1. The molecule has 1 aliphatic heterocycles. The van der Waals surface area contributed by atoms with E-state index in [-0.39, 0.29) is 13.1 Å². The maximum absolute atomic E-state index is 11.8. The SMILES string of the molecule is O=C(O)C1CCN(C(=O)NCCC(F)(F)F)C1. The van der Waals surface area contributed by atoms with Crippen molar-refractivity contribution in [1.29, 1.82) is 0 Å². The molecular weight excluding hydrogens is 241 g/mol. The third-order valence-corrected chi connectivity index (χ3v) is 2.51. The zero-order valence-electron chi connectivity index (χ0n) is 8.96. The first-order valence-electron chi connectivity index (χ1n) is 5.12. The van der Waals surface area contributed by atoms with Gasteiger partial charge in [-0.2, -0.15) is 13.2 Å². The third-order valence-electron chi connectivity index (χ3n) is 2.51. The number of halogens is 3. The molecule has 8 heteroatoms. The second-order valence-electron chi connectivity index (χ2n) is 3.87. The van der Waals surface area contributed by atoms with Gasteiger partial charge in [0.25, 0.3) is 0 Å². The highest BCUT2D eigenvalue weighted by Gasteiger charge is 2.31. The lowest BCUT2D eigenvalue weighted by atomic mass is 10.1. The molecule has 0 bridgehead atoms. The second-order valence-corrected chi connectivity index (χ2v) is 3.87. The molecule has 0 aromatic heterocycles. The van der Waals surface area contributed by atoms with Crippen molar-refractivity contribution < 1.29 is 27.9 Å². The van der Waals surface area contributed by atoms with Crippen LogP contribution in [0.25, 0.3) is 0 Å². The Morgan fingerprint density at radius 3 is 2.53 bits per heavy atom. The molecule has 1 saturated heterocycles. The fourth-order valence-corrected chi connectivity index (χ4v) is 1.57. The van der Waals surface area contributed by atoms with Crippen molar-refractivity contribution in [2.24, 2.45) is 5.92 Å². The summed E-state index contributed by atoms with van der Waals surface area (Å²) >= 11 is 0. The number of carboxylic acids is 1. The second kappa shape index (κ2) is 5.24. The molecule has 1 fully saturated rings. The number of carboxylic acid groups (broad SMARTS) is 1. The van der Waals surface area contributed by atoms with Crippen LogP contribution in [0.1, 0.15) is 12.8 Å². The van der Waals surface area contributed by atoms with Gasteiger partial charge in [0.15, 0.2) is 0 Å². The standard InChI is InChI=1S/C9H13F3N2O3/c10-9(11,12)2-3-13-8(17)14-4-1-6(5-14)7(15)16/h6H,1-5H2,(H,13,17)(H,15,16). The number of hydrogen-bond donors (Lipinski definition) is 2. The largest absolute Gasteiger partial charge is 0.481 e. The van der Waals surface area contributed by atoms with Crippen LogP contribution in [0.15, 0.2) is 0 Å². The molecule has 1 aliphatic rings. The van der Waals surface area contributed by atoms with Gasteiger partial charge in [0.2, 0.25) is 0 Å². The lowest BCUT2D eigenvalue weighted by Crippen LogP contribution is -2.40. The Morgan fingerprint density at radius 2 is 2.06 bits per heavy atom. The minimum atomic E-state index is -4.30. The number of amides is 2. The number of likely N-dealkylation sites (tertiary alicyclic amines) is 1. The molecule has 0 aromatic carbocycles. The van der Waals surface area contributed by atoms with Crippen molar-refractivity contribution in [3.05, 3.63) is 0 Å². The van der Waals surface area contributed by atoms with Crippen molar-refractivity contribution in [2.75, 3.05) is 19.6 Å². The number of hydrogen-bond acceptors (Lipinski definition) is 2. The van der Waals surface area contributed by atoms with Crippen molar-refractivity contribution in [1.82, 2.24) is 10.2 Å². The number of rotatable bonds is 3. The Bertz CT molecular complexity index is 306. The Kier molecular flexibility index (Phi) is 4.19. The van der Waals surface area contributed by atoms with E-state index >= 15 is 0 Å². The summed E-state index contributed by atoms with van der Waals surface area (Å²) in [5.74, 6) is -1.61. The van der Waals surface area contributed by atoms with E-state index in [1.54, 1.807) is 0 Å². The first kappa shape index (κ1) is 13.6. The highest BCUT2D eigenvalue weighted by molar-refractivity contribution is 5.77. The molecule has 17 heavy (non-hydrogen) atoms. The Balaban J connectivity index is 2.28. The van der Waals surface area contributed by atoms with Crippen molar-refractivity contribution >= 4 is 12.0 Å². The number of carbonyl (C=O) groups excluding carboxylic acids is 1. The summed E-state index contributed by atoms with van der Waals surface area (Å²) in [6.45, 7) is -0.182.